The highest BCUT2D eigenvalue weighted by molar-refractivity contribution is 7.26. The Morgan fingerprint density at radius 2 is 1.38 bits per heavy atom. The lowest BCUT2D eigenvalue weighted by molar-refractivity contribution is 0.642. The number of anilines is 2. The summed E-state index contributed by atoms with van der Waals surface area (Å²) >= 11 is 1.55. The SMILES string of the molecule is CN(c1ccccc1[Si](C)(C)C)c1cccc2c1sc1c(F)cccc12. The van der Waals surface area contributed by atoms with Gasteiger partial charge in [-0.05, 0) is 23.4 Å². The van der Waals surface area contributed by atoms with Gasteiger partial charge in [-0.2, -0.15) is 0 Å². The minimum Gasteiger partial charge on any atom is -0.344 e. The first kappa shape index (κ1) is 17.3. The lowest BCUT2D eigenvalue weighted by Gasteiger charge is -2.28. The van der Waals surface area contributed by atoms with Crippen molar-refractivity contribution in [3.63, 3.8) is 0 Å². The second kappa shape index (κ2) is 6.22. The average Bonchev–Trinajstić information content (AvgIpc) is 3.01. The standard InChI is InChI=1S/C22H22FNSSi/c1-24(18-12-5-6-14-20(18)26(2,3)4)19-13-8-10-16-15-9-7-11-17(23)21(15)25-22(16)19/h5-14H,1-4H3. The molecule has 0 aliphatic heterocycles. The highest BCUT2D eigenvalue weighted by Crippen LogP contribution is 2.41. The molecule has 0 N–H and O–H groups in total. The van der Waals surface area contributed by atoms with E-state index < -0.39 is 8.07 Å². The number of nitrogens with zero attached hydrogens (tertiary/aromatic N) is 1. The van der Waals surface area contributed by atoms with Gasteiger partial charge >= 0.3 is 0 Å². The van der Waals surface area contributed by atoms with Gasteiger partial charge < -0.3 is 4.90 Å². The molecule has 0 amide bonds. The van der Waals surface area contributed by atoms with Crippen molar-refractivity contribution in [1.82, 2.24) is 0 Å². The van der Waals surface area contributed by atoms with E-state index in [-0.39, 0.29) is 5.82 Å². The zero-order valence-electron chi connectivity index (χ0n) is 15.5. The van der Waals surface area contributed by atoms with Crippen LogP contribution in [0.4, 0.5) is 15.8 Å². The Labute approximate surface area is 158 Å². The summed E-state index contributed by atoms with van der Waals surface area (Å²) in [6, 6.07) is 20.3. The number of hydrogen-bond acceptors (Lipinski definition) is 2. The predicted octanol–water partition coefficient (Wildman–Crippen LogP) is 6.51. The summed E-state index contributed by atoms with van der Waals surface area (Å²) in [5.41, 5.74) is 2.38. The van der Waals surface area contributed by atoms with Crippen LogP contribution in [0.5, 0.6) is 0 Å². The quantitative estimate of drug-likeness (QED) is 0.367. The van der Waals surface area contributed by atoms with E-state index in [1.165, 1.54) is 10.9 Å². The van der Waals surface area contributed by atoms with Crippen LogP contribution in [0.3, 0.4) is 0 Å². The molecule has 1 heterocycles. The van der Waals surface area contributed by atoms with Crippen molar-refractivity contribution in [2.75, 3.05) is 11.9 Å². The molecule has 4 rings (SSSR count). The molecular weight excluding hydrogens is 357 g/mol. The first-order valence-electron chi connectivity index (χ1n) is 8.81. The van der Waals surface area contributed by atoms with Gasteiger partial charge in [0.2, 0.25) is 0 Å². The van der Waals surface area contributed by atoms with E-state index in [4.69, 9.17) is 0 Å². The fourth-order valence-corrected chi connectivity index (χ4v) is 6.44. The Balaban J connectivity index is 1.96. The lowest BCUT2D eigenvalue weighted by atomic mass is 10.1. The molecule has 0 unspecified atom stereocenters. The van der Waals surface area contributed by atoms with Crippen LogP contribution >= 0.6 is 11.3 Å². The van der Waals surface area contributed by atoms with Gasteiger partial charge in [-0.3, -0.25) is 0 Å². The van der Waals surface area contributed by atoms with Gasteiger partial charge in [0.05, 0.1) is 23.2 Å². The molecule has 0 saturated heterocycles. The van der Waals surface area contributed by atoms with E-state index in [9.17, 15) is 4.39 Å². The van der Waals surface area contributed by atoms with Crippen LogP contribution in [-0.4, -0.2) is 15.1 Å². The van der Waals surface area contributed by atoms with Crippen LogP contribution in [0.15, 0.2) is 60.7 Å². The van der Waals surface area contributed by atoms with Crippen LogP contribution in [0.25, 0.3) is 20.2 Å². The number of hydrogen-bond donors (Lipinski definition) is 0. The molecule has 0 atom stereocenters. The fourth-order valence-electron chi connectivity index (χ4n) is 3.57. The Morgan fingerprint density at radius 3 is 2.12 bits per heavy atom. The Bertz CT molecular complexity index is 1110. The minimum atomic E-state index is -1.48. The Morgan fingerprint density at radius 1 is 0.769 bits per heavy atom. The summed E-state index contributed by atoms with van der Waals surface area (Å²) in [7, 11) is 0.639. The number of para-hydroxylation sites is 1. The molecule has 0 radical (unpaired) electrons. The van der Waals surface area contributed by atoms with Crippen molar-refractivity contribution < 1.29 is 4.39 Å². The summed E-state index contributed by atoms with van der Waals surface area (Å²) in [6.45, 7) is 7.11. The number of fused-ring (bicyclic) bond motifs is 3. The van der Waals surface area contributed by atoms with Gasteiger partial charge in [-0.25, -0.2) is 4.39 Å². The normalized spacial score (nSPS) is 12.0. The number of rotatable bonds is 3. The number of thiophene rings is 1. The third-order valence-electron chi connectivity index (χ3n) is 4.89. The van der Waals surface area contributed by atoms with E-state index in [0.717, 1.165) is 25.9 Å². The van der Waals surface area contributed by atoms with Gasteiger partial charge in [0.15, 0.2) is 0 Å². The Kier molecular flexibility index (Phi) is 4.12. The molecule has 132 valence electrons. The largest absolute Gasteiger partial charge is 0.344 e. The summed E-state index contributed by atoms with van der Waals surface area (Å²) < 4.78 is 16.2. The summed E-state index contributed by atoms with van der Waals surface area (Å²) in [4.78, 5) is 2.27. The molecule has 0 bridgehead atoms. The molecule has 0 aliphatic carbocycles. The molecule has 0 spiro atoms. The maximum Gasteiger partial charge on any atom is 0.141 e. The Hall–Kier alpha value is -2.17. The van der Waals surface area contributed by atoms with Crippen molar-refractivity contribution in [2.45, 2.75) is 19.6 Å². The first-order chi connectivity index (χ1) is 12.4. The van der Waals surface area contributed by atoms with Crippen LogP contribution in [-0.2, 0) is 0 Å². The number of halogens is 1. The smallest absolute Gasteiger partial charge is 0.141 e. The van der Waals surface area contributed by atoms with Crippen molar-refractivity contribution in [3.05, 3.63) is 66.5 Å². The topological polar surface area (TPSA) is 3.24 Å². The molecule has 3 aromatic carbocycles. The summed E-state index contributed by atoms with van der Waals surface area (Å²) in [5, 5.41) is 3.56. The first-order valence-corrected chi connectivity index (χ1v) is 13.1. The van der Waals surface area contributed by atoms with Crippen molar-refractivity contribution >= 4 is 56.1 Å². The maximum absolute atomic E-state index is 14.3. The van der Waals surface area contributed by atoms with E-state index in [1.54, 1.807) is 23.5 Å². The third-order valence-corrected chi connectivity index (χ3v) is 8.18. The average molecular weight is 380 g/mol. The van der Waals surface area contributed by atoms with E-state index in [1.807, 2.05) is 6.07 Å². The molecular formula is C22H22FNSSi. The molecule has 1 nitrogen and oxygen atoms in total. The fraction of sp³-hybridized carbons (Fsp3) is 0.182. The molecule has 4 aromatic rings. The second-order valence-electron chi connectivity index (χ2n) is 7.70. The monoisotopic (exact) mass is 379 g/mol. The predicted molar refractivity (Wildman–Crippen MR) is 117 cm³/mol. The third kappa shape index (κ3) is 2.74. The highest BCUT2D eigenvalue weighted by Gasteiger charge is 2.23. The zero-order chi connectivity index (χ0) is 18.5. The molecule has 0 aliphatic rings. The maximum atomic E-state index is 14.3. The van der Waals surface area contributed by atoms with Crippen LogP contribution in [0.1, 0.15) is 0 Å². The van der Waals surface area contributed by atoms with Crippen molar-refractivity contribution in [1.29, 1.82) is 0 Å². The van der Waals surface area contributed by atoms with Crippen LogP contribution in [0, 0.1) is 5.82 Å². The van der Waals surface area contributed by atoms with Gasteiger partial charge in [-0.1, -0.05) is 62.1 Å². The molecule has 1 aromatic heterocycles. The molecule has 0 saturated carbocycles. The van der Waals surface area contributed by atoms with Gasteiger partial charge in [0.25, 0.3) is 0 Å². The van der Waals surface area contributed by atoms with E-state index in [2.05, 4.69) is 74.1 Å². The van der Waals surface area contributed by atoms with Crippen LogP contribution in [0.2, 0.25) is 19.6 Å². The molecule has 0 fully saturated rings. The van der Waals surface area contributed by atoms with Gasteiger partial charge in [-0.15, -0.1) is 11.3 Å². The molecule has 4 heteroatoms. The van der Waals surface area contributed by atoms with E-state index in [0.29, 0.717) is 0 Å². The van der Waals surface area contributed by atoms with Crippen molar-refractivity contribution in [3.8, 4) is 0 Å². The van der Waals surface area contributed by atoms with Gasteiger partial charge in [0, 0.05) is 23.5 Å². The summed E-state index contributed by atoms with van der Waals surface area (Å²) in [5.74, 6) is -0.139. The van der Waals surface area contributed by atoms with Gasteiger partial charge in [0.1, 0.15) is 5.82 Å². The zero-order valence-corrected chi connectivity index (χ0v) is 17.3. The summed E-state index contributed by atoms with van der Waals surface area (Å²) in [6.07, 6.45) is 0. The van der Waals surface area contributed by atoms with Crippen molar-refractivity contribution in [2.24, 2.45) is 0 Å². The minimum absolute atomic E-state index is 0.139. The molecule has 26 heavy (non-hydrogen) atoms. The number of benzene rings is 3. The van der Waals surface area contributed by atoms with Crippen LogP contribution < -0.4 is 10.1 Å². The lowest BCUT2D eigenvalue weighted by Crippen LogP contribution is -2.40. The second-order valence-corrected chi connectivity index (χ2v) is 13.8. The van der Waals surface area contributed by atoms with E-state index >= 15 is 0 Å². The highest BCUT2D eigenvalue weighted by atomic mass is 32.1.